The molecule has 1 amide bonds. The van der Waals surface area contributed by atoms with Gasteiger partial charge in [-0.05, 0) is 50.6 Å². The molecule has 2 fully saturated rings. The SMILES string of the molecule is CC(C)CN1CCC(CN(C)C(=O)C2(C)CC2)CC1. The fraction of sp³-hybridized carbons (Fsp3) is 0.938. The average Bonchev–Trinajstić information content (AvgIpc) is 3.09. The van der Waals surface area contributed by atoms with E-state index in [-0.39, 0.29) is 5.41 Å². The summed E-state index contributed by atoms with van der Waals surface area (Å²) in [6, 6.07) is 0. The predicted octanol–water partition coefficient (Wildman–Crippen LogP) is 2.61. The van der Waals surface area contributed by atoms with Crippen LogP contribution < -0.4 is 0 Å². The molecule has 0 bridgehead atoms. The molecule has 1 saturated carbocycles. The lowest BCUT2D eigenvalue weighted by Gasteiger charge is -2.35. The zero-order valence-corrected chi connectivity index (χ0v) is 13.1. The topological polar surface area (TPSA) is 23.6 Å². The van der Waals surface area contributed by atoms with Crippen molar-refractivity contribution in [3.63, 3.8) is 0 Å². The molecule has 0 aromatic rings. The summed E-state index contributed by atoms with van der Waals surface area (Å²) in [6.45, 7) is 11.3. The molecule has 0 spiro atoms. The van der Waals surface area contributed by atoms with E-state index < -0.39 is 0 Å². The number of amides is 1. The summed E-state index contributed by atoms with van der Waals surface area (Å²) in [7, 11) is 1.99. The van der Waals surface area contributed by atoms with Gasteiger partial charge >= 0.3 is 0 Å². The van der Waals surface area contributed by atoms with Crippen LogP contribution in [-0.2, 0) is 4.79 Å². The van der Waals surface area contributed by atoms with Crippen LogP contribution in [0.25, 0.3) is 0 Å². The van der Waals surface area contributed by atoms with Gasteiger partial charge in [-0.15, -0.1) is 0 Å². The highest BCUT2D eigenvalue weighted by Gasteiger charge is 2.46. The second-order valence-corrected chi connectivity index (χ2v) is 7.38. The highest BCUT2D eigenvalue weighted by Crippen LogP contribution is 2.46. The Balaban J connectivity index is 1.72. The zero-order valence-electron chi connectivity index (χ0n) is 13.1. The quantitative estimate of drug-likeness (QED) is 0.763. The molecule has 1 heterocycles. The summed E-state index contributed by atoms with van der Waals surface area (Å²) >= 11 is 0. The van der Waals surface area contributed by atoms with Crippen LogP contribution in [0.1, 0.15) is 46.5 Å². The van der Waals surface area contributed by atoms with Crippen LogP contribution in [-0.4, -0.2) is 48.9 Å². The van der Waals surface area contributed by atoms with Crippen LogP contribution in [0.15, 0.2) is 0 Å². The summed E-state index contributed by atoms with van der Waals surface area (Å²) in [5, 5.41) is 0. The van der Waals surface area contributed by atoms with Gasteiger partial charge in [-0.25, -0.2) is 0 Å². The molecule has 0 radical (unpaired) electrons. The van der Waals surface area contributed by atoms with Crippen LogP contribution in [0, 0.1) is 17.3 Å². The minimum Gasteiger partial charge on any atom is -0.345 e. The highest BCUT2D eigenvalue weighted by molar-refractivity contribution is 5.84. The minimum absolute atomic E-state index is 0.00685. The van der Waals surface area contributed by atoms with Crippen molar-refractivity contribution in [3.05, 3.63) is 0 Å². The van der Waals surface area contributed by atoms with E-state index >= 15 is 0 Å². The fourth-order valence-corrected chi connectivity index (χ4v) is 3.20. The molecule has 3 heteroatoms. The highest BCUT2D eigenvalue weighted by atomic mass is 16.2. The van der Waals surface area contributed by atoms with Crippen molar-refractivity contribution in [3.8, 4) is 0 Å². The van der Waals surface area contributed by atoms with E-state index in [1.54, 1.807) is 0 Å². The summed E-state index contributed by atoms with van der Waals surface area (Å²) in [5.74, 6) is 1.84. The molecular formula is C16H30N2O. The van der Waals surface area contributed by atoms with E-state index in [0.29, 0.717) is 11.8 Å². The van der Waals surface area contributed by atoms with Crippen molar-refractivity contribution >= 4 is 5.91 Å². The number of carbonyl (C=O) groups is 1. The monoisotopic (exact) mass is 266 g/mol. The molecule has 1 aliphatic carbocycles. The maximum Gasteiger partial charge on any atom is 0.228 e. The Morgan fingerprint density at radius 2 is 1.89 bits per heavy atom. The van der Waals surface area contributed by atoms with E-state index in [1.807, 2.05) is 11.9 Å². The van der Waals surface area contributed by atoms with Crippen LogP contribution in [0.3, 0.4) is 0 Å². The van der Waals surface area contributed by atoms with Crippen LogP contribution in [0.2, 0.25) is 0 Å². The Hall–Kier alpha value is -0.570. The van der Waals surface area contributed by atoms with Crippen molar-refractivity contribution in [1.82, 2.24) is 9.80 Å². The van der Waals surface area contributed by atoms with Gasteiger partial charge in [0.25, 0.3) is 0 Å². The number of hydrogen-bond donors (Lipinski definition) is 0. The largest absolute Gasteiger partial charge is 0.345 e. The van der Waals surface area contributed by atoms with Gasteiger partial charge in [0.2, 0.25) is 5.91 Å². The molecule has 1 saturated heterocycles. The normalized spacial score (nSPS) is 23.6. The summed E-state index contributed by atoms with van der Waals surface area (Å²) in [4.78, 5) is 16.8. The lowest BCUT2D eigenvalue weighted by molar-refractivity contribution is -0.135. The second-order valence-electron chi connectivity index (χ2n) is 7.38. The lowest BCUT2D eigenvalue weighted by Crippen LogP contribution is -2.42. The Morgan fingerprint density at radius 1 is 1.32 bits per heavy atom. The molecule has 0 unspecified atom stereocenters. The maximum atomic E-state index is 12.2. The predicted molar refractivity (Wildman–Crippen MR) is 79.0 cm³/mol. The van der Waals surface area contributed by atoms with Gasteiger partial charge in [-0.2, -0.15) is 0 Å². The smallest absolute Gasteiger partial charge is 0.228 e. The summed E-state index contributed by atoms with van der Waals surface area (Å²) < 4.78 is 0. The maximum absolute atomic E-state index is 12.2. The van der Waals surface area contributed by atoms with Gasteiger partial charge in [0.15, 0.2) is 0 Å². The molecule has 0 N–H and O–H groups in total. The molecule has 0 aromatic carbocycles. The molecule has 1 aliphatic heterocycles. The Kier molecular flexibility index (Phi) is 4.54. The zero-order chi connectivity index (χ0) is 14.0. The molecule has 2 aliphatic rings. The van der Waals surface area contributed by atoms with Gasteiger partial charge in [0, 0.05) is 25.6 Å². The molecular weight excluding hydrogens is 236 g/mol. The third-order valence-electron chi connectivity index (χ3n) is 4.73. The van der Waals surface area contributed by atoms with E-state index in [9.17, 15) is 4.79 Å². The van der Waals surface area contributed by atoms with Crippen molar-refractivity contribution in [1.29, 1.82) is 0 Å². The first-order valence-electron chi connectivity index (χ1n) is 7.88. The first-order valence-corrected chi connectivity index (χ1v) is 7.88. The first kappa shape index (κ1) is 14.8. The number of rotatable bonds is 5. The van der Waals surface area contributed by atoms with Gasteiger partial charge in [-0.1, -0.05) is 20.8 Å². The number of likely N-dealkylation sites (tertiary alicyclic amines) is 1. The first-order chi connectivity index (χ1) is 8.90. The lowest BCUT2D eigenvalue weighted by atomic mass is 9.95. The van der Waals surface area contributed by atoms with Gasteiger partial charge < -0.3 is 9.80 Å². The molecule has 0 aromatic heterocycles. The van der Waals surface area contributed by atoms with Crippen molar-refractivity contribution in [2.24, 2.45) is 17.3 Å². The van der Waals surface area contributed by atoms with E-state index in [4.69, 9.17) is 0 Å². The Labute approximate surface area is 118 Å². The molecule has 110 valence electrons. The van der Waals surface area contributed by atoms with Crippen LogP contribution in [0.4, 0.5) is 0 Å². The van der Waals surface area contributed by atoms with E-state index in [2.05, 4.69) is 25.7 Å². The number of hydrogen-bond acceptors (Lipinski definition) is 2. The second kappa shape index (κ2) is 5.82. The molecule has 2 rings (SSSR count). The Morgan fingerprint density at radius 3 is 2.37 bits per heavy atom. The van der Waals surface area contributed by atoms with Crippen molar-refractivity contribution in [2.45, 2.75) is 46.5 Å². The summed E-state index contributed by atoms with van der Waals surface area (Å²) in [6.07, 6.45) is 4.67. The molecule has 0 atom stereocenters. The fourth-order valence-electron chi connectivity index (χ4n) is 3.20. The van der Waals surface area contributed by atoms with E-state index in [1.165, 1.54) is 32.5 Å². The van der Waals surface area contributed by atoms with Gasteiger partial charge in [0.1, 0.15) is 0 Å². The van der Waals surface area contributed by atoms with Crippen molar-refractivity contribution < 1.29 is 4.79 Å². The average molecular weight is 266 g/mol. The number of carbonyl (C=O) groups excluding carboxylic acids is 1. The number of nitrogens with zero attached hydrogens (tertiary/aromatic N) is 2. The molecule has 3 nitrogen and oxygen atoms in total. The van der Waals surface area contributed by atoms with Crippen molar-refractivity contribution in [2.75, 3.05) is 33.2 Å². The van der Waals surface area contributed by atoms with Crippen LogP contribution >= 0.6 is 0 Å². The van der Waals surface area contributed by atoms with Crippen LogP contribution in [0.5, 0.6) is 0 Å². The number of piperidine rings is 1. The van der Waals surface area contributed by atoms with Gasteiger partial charge in [0.05, 0.1) is 0 Å². The Bertz CT molecular complexity index is 315. The standard InChI is InChI=1S/C16H30N2O/c1-13(2)11-18-9-5-14(6-10-18)12-17(4)15(19)16(3)7-8-16/h13-14H,5-12H2,1-4H3. The third-order valence-corrected chi connectivity index (χ3v) is 4.73. The van der Waals surface area contributed by atoms with E-state index in [0.717, 1.165) is 25.3 Å². The third kappa shape index (κ3) is 3.95. The summed E-state index contributed by atoms with van der Waals surface area (Å²) in [5.41, 5.74) is -0.00685. The minimum atomic E-state index is -0.00685. The molecule has 19 heavy (non-hydrogen) atoms. The van der Waals surface area contributed by atoms with Gasteiger partial charge in [-0.3, -0.25) is 4.79 Å².